The number of rotatable bonds is 3. The van der Waals surface area contributed by atoms with E-state index in [9.17, 15) is 0 Å². The summed E-state index contributed by atoms with van der Waals surface area (Å²) in [5.74, 6) is 0. The van der Waals surface area contributed by atoms with Crippen LogP contribution in [0.25, 0.3) is 44.2 Å². The van der Waals surface area contributed by atoms with E-state index in [1.807, 2.05) is 0 Å². The van der Waals surface area contributed by atoms with Crippen molar-refractivity contribution in [1.82, 2.24) is 0 Å². The predicted molar refractivity (Wildman–Crippen MR) is 249 cm³/mol. The third-order valence-corrected chi connectivity index (χ3v) is 13.3. The van der Waals surface area contributed by atoms with E-state index < -0.39 is 0 Å². The highest BCUT2D eigenvalue weighted by molar-refractivity contribution is 6.94. The molecule has 3 aliphatic rings. The lowest BCUT2D eigenvalue weighted by Crippen LogP contribution is -2.61. The van der Waals surface area contributed by atoms with Gasteiger partial charge in [0.15, 0.2) is 0 Å². The van der Waals surface area contributed by atoms with Gasteiger partial charge in [-0.05, 0) is 122 Å². The summed E-state index contributed by atoms with van der Waals surface area (Å²) in [6, 6.07) is 59.9. The maximum Gasteiger partial charge on any atom is 0.333 e. The van der Waals surface area contributed by atoms with Crippen LogP contribution in [-0.2, 0) is 10.8 Å². The van der Waals surface area contributed by atoms with Crippen LogP contribution in [0.1, 0.15) is 62.4 Å². The summed E-state index contributed by atoms with van der Waals surface area (Å²) in [7, 11) is 0. The fourth-order valence-corrected chi connectivity index (χ4v) is 10.4. The number of aryl methyl sites for hydroxylation is 2. The number of anilines is 5. The van der Waals surface area contributed by atoms with Crippen LogP contribution in [0.15, 0.2) is 158 Å². The van der Waals surface area contributed by atoms with E-state index in [-0.39, 0.29) is 17.7 Å². The van der Waals surface area contributed by atoms with Crippen molar-refractivity contribution in [2.24, 2.45) is 0 Å². The van der Waals surface area contributed by atoms with Crippen LogP contribution in [-0.4, -0.2) is 6.85 Å². The van der Waals surface area contributed by atoms with Crippen molar-refractivity contribution in [2.75, 3.05) is 9.71 Å². The van der Waals surface area contributed by atoms with Crippen LogP contribution in [0.4, 0.5) is 28.4 Å². The third-order valence-electron chi connectivity index (χ3n) is 13.3. The number of nitrogens with zero attached hydrogens (tertiary/aromatic N) is 2. The molecule has 0 fully saturated rings. The Bertz CT molecular complexity index is 2990. The SMILES string of the molecule is Cc1cc2c3c(c1)N(c1ccc(C(C)(C)C)cc1C)c1cc4c(cc1B3N(c1ccc(-c3ccccc3)cc1)c1c-2ccc2ccccc12)-c1ccccc1C4(C)C. The standard InChI is InChI=1S/C55H47BN2/c1-34-29-45-43-27-23-38-17-11-12-18-41(38)53(43)58(40-25-21-37(22-26-40)36-15-9-8-10-16-36)56-48-32-44-42-19-13-14-20-46(42)55(6,7)47(44)33-50(48)57(51(30-34)52(45)56)49-28-24-39(31-35(49)2)54(3,4)5/h8-33H,1-7H3. The minimum atomic E-state index is -0.141. The highest BCUT2D eigenvalue weighted by atomic mass is 15.2. The summed E-state index contributed by atoms with van der Waals surface area (Å²) < 4.78 is 0. The zero-order valence-corrected chi connectivity index (χ0v) is 34.5. The lowest BCUT2D eigenvalue weighted by molar-refractivity contribution is 0.590. The van der Waals surface area contributed by atoms with Crippen LogP contribution in [0, 0.1) is 13.8 Å². The summed E-state index contributed by atoms with van der Waals surface area (Å²) in [6.45, 7) is 16.2. The molecule has 8 aromatic carbocycles. The molecule has 280 valence electrons. The van der Waals surface area contributed by atoms with Gasteiger partial charge in [-0.25, -0.2) is 0 Å². The van der Waals surface area contributed by atoms with Gasteiger partial charge in [0.2, 0.25) is 0 Å². The van der Waals surface area contributed by atoms with Crippen LogP contribution in [0.3, 0.4) is 0 Å². The fraction of sp³-hybridized carbons (Fsp3) is 0.164. The van der Waals surface area contributed by atoms with Gasteiger partial charge in [-0.1, -0.05) is 162 Å². The zero-order chi connectivity index (χ0) is 39.7. The Kier molecular flexibility index (Phi) is 7.43. The summed E-state index contributed by atoms with van der Waals surface area (Å²) in [6.07, 6.45) is 0. The van der Waals surface area contributed by atoms with Crippen LogP contribution in [0.5, 0.6) is 0 Å². The van der Waals surface area contributed by atoms with Gasteiger partial charge in [-0.3, -0.25) is 0 Å². The summed E-state index contributed by atoms with van der Waals surface area (Å²) in [4.78, 5) is 5.29. The first-order valence-corrected chi connectivity index (χ1v) is 20.8. The highest BCUT2D eigenvalue weighted by Gasteiger charge is 2.48. The van der Waals surface area contributed by atoms with Crippen molar-refractivity contribution in [3.8, 4) is 33.4 Å². The molecule has 11 rings (SSSR count). The van der Waals surface area contributed by atoms with E-state index in [4.69, 9.17) is 0 Å². The molecule has 2 nitrogen and oxygen atoms in total. The summed E-state index contributed by atoms with van der Waals surface area (Å²) >= 11 is 0. The molecule has 0 aromatic heterocycles. The largest absolute Gasteiger partial charge is 0.376 e. The first kappa shape index (κ1) is 34.9. The van der Waals surface area contributed by atoms with E-state index in [1.165, 1.54) is 111 Å². The molecule has 2 aliphatic heterocycles. The van der Waals surface area contributed by atoms with Gasteiger partial charge in [-0.2, -0.15) is 0 Å². The molecule has 0 atom stereocenters. The monoisotopic (exact) mass is 746 g/mol. The topological polar surface area (TPSA) is 6.48 Å². The molecule has 2 heterocycles. The molecule has 0 saturated heterocycles. The molecular weight excluding hydrogens is 699 g/mol. The van der Waals surface area contributed by atoms with Crippen molar-refractivity contribution < 1.29 is 0 Å². The smallest absolute Gasteiger partial charge is 0.333 e. The third kappa shape index (κ3) is 4.99. The van der Waals surface area contributed by atoms with Gasteiger partial charge in [0, 0.05) is 44.8 Å². The minimum Gasteiger partial charge on any atom is -0.376 e. The van der Waals surface area contributed by atoms with Crippen LogP contribution >= 0.6 is 0 Å². The van der Waals surface area contributed by atoms with Crippen molar-refractivity contribution >= 4 is 57.0 Å². The Morgan fingerprint density at radius 1 is 0.534 bits per heavy atom. The second kappa shape index (κ2) is 12.3. The van der Waals surface area contributed by atoms with E-state index in [0.29, 0.717) is 0 Å². The Labute approximate surface area is 343 Å². The van der Waals surface area contributed by atoms with Gasteiger partial charge in [-0.15, -0.1) is 0 Å². The summed E-state index contributed by atoms with van der Waals surface area (Å²) in [5.41, 5.74) is 23.2. The number of benzene rings is 8. The Morgan fingerprint density at radius 3 is 2.03 bits per heavy atom. The number of hydrogen-bond donors (Lipinski definition) is 0. The lowest BCUT2D eigenvalue weighted by atomic mass is 9.43. The lowest BCUT2D eigenvalue weighted by Gasteiger charge is -2.47. The molecule has 58 heavy (non-hydrogen) atoms. The Hall–Kier alpha value is -6.32. The normalized spacial score (nSPS) is 14.5. The van der Waals surface area contributed by atoms with E-state index in [2.05, 4.69) is 216 Å². The maximum absolute atomic E-state index is 2.68. The van der Waals surface area contributed by atoms with E-state index in [1.54, 1.807) is 0 Å². The average Bonchev–Trinajstić information content (AvgIpc) is 3.45. The van der Waals surface area contributed by atoms with E-state index >= 15 is 0 Å². The van der Waals surface area contributed by atoms with Crippen molar-refractivity contribution in [1.29, 1.82) is 0 Å². The first-order chi connectivity index (χ1) is 28.0. The van der Waals surface area contributed by atoms with Crippen molar-refractivity contribution in [3.05, 3.63) is 186 Å². The molecule has 0 N–H and O–H groups in total. The Balaban J connectivity index is 1.26. The number of hydrogen-bond acceptors (Lipinski definition) is 2. The molecule has 0 saturated carbocycles. The quantitative estimate of drug-likeness (QED) is 0.166. The molecule has 0 bridgehead atoms. The predicted octanol–water partition coefficient (Wildman–Crippen LogP) is 13.4. The molecule has 0 amide bonds. The maximum atomic E-state index is 2.68. The van der Waals surface area contributed by atoms with Crippen molar-refractivity contribution in [2.45, 2.75) is 59.3 Å². The van der Waals surface area contributed by atoms with Gasteiger partial charge >= 0.3 is 6.85 Å². The highest BCUT2D eigenvalue weighted by Crippen LogP contribution is 2.54. The molecule has 3 heteroatoms. The van der Waals surface area contributed by atoms with Gasteiger partial charge in [0.05, 0.1) is 0 Å². The molecule has 8 aromatic rings. The van der Waals surface area contributed by atoms with Gasteiger partial charge in [0.1, 0.15) is 0 Å². The molecule has 0 unspecified atom stereocenters. The average molecular weight is 747 g/mol. The van der Waals surface area contributed by atoms with Crippen molar-refractivity contribution in [3.63, 3.8) is 0 Å². The van der Waals surface area contributed by atoms with Gasteiger partial charge in [0.25, 0.3) is 0 Å². The second-order valence-corrected chi connectivity index (χ2v) is 18.3. The molecular formula is C55H47BN2. The molecule has 1 aliphatic carbocycles. The number of fused-ring (bicyclic) bond motifs is 9. The molecule has 0 radical (unpaired) electrons. The van der Waals surface area contributed by atoms with Crippen LogP contribution in [0.2, 0.25) is 0 Å². The van der Waals surface area contributed by atoms with Crippen LogP contribution < -0.4 is 20.6 Å². The fourth-order valence-electron chi connectivity index (χ4n) is 10.4. The minimum absolute atomic E-state index is 0.0519. The van der Waals surface area contributed by atoms with Gasteiger partial charge < -0.3 is 9.71 Å². The second-order valence-electron chi connectivity index (χ2n) is 18.3. The first-order valence-electron chi connectivity index (χ1n) is 20.8. The summed E-state index contributed by atoms with van der Waals surface area (Å²) in [5, 5.41) is 2.52. The molecule has 0 spiro atoms. The zero-order valence-electron chi connectivity index (χ0n) is 34.5. The van der Waals surface area contributed by atoms with E-state index in [0.717, 1.165) is 0 Å². The Morgan fingerprint density at radius 2 is 1.26 bits per heavy atom.